The highest BCUT2D eigenvalue weighted by Crippen LogP contribution is 2.68. The van der Waals surface area contributed by atoms with E-state index in [9.17, 15) is 24.5 Å². The van der Waals surface area contributed by atoms with Gasteiger partial charge in [-0.25, -0.2) is 14.2 Å². The van der Waals surface area contributed by atoms with Crippen LogP contribution in [0.4, 0.5) is 15.8 Å². The molecular weight excluding hydrogens is 1070 g/mol. The summed E-state index contributed by atoms with van der Waals surface area (Å²) in [4.78, 5) is 93.8. The highest BCUT2D eigenvalue weighted by molar-refractivity contribution is 6.31. The number of aryl methyl sites for hydroxylation is 1. The Morgan fingerprint density at radius 1 is 0.852 bits per heavy atom. The standard InChI is InChI=1S/C61H71Cl2FN10O7/c1-58(2)21-23-60(24-22-58)61(44-15-10-40(62)32-47(44)72(56(61)78)34-39-7-13-42(14-8-39)74(80)81)50(43-19-27-65-53(63)51(43)64)52(69(60)4)55(77)66-41-11-5-38(6-12-41)33-70-29-25-59(26-30-70)35-71(36-59)28-20-37-9-16-45-48(31-37)68(3)57(79)73(45)46-17-18-49(75)67-54(46)76/h7-10,13-16,19,27,31-32,38,41,46,50,52H,5-6,11-12,17-18,20-26,28-30,33-36H2,1-4H3,(H,66,77)(H,67,75,76)/t38?,41?,46?,50-,52+,61+/m0/s1. The summed E-state index contributed by atoms with van der Waals surface area (Å²) in [6.07, 6.45) is 11.3. The van der Waals surface area contributed by atoms with Crippen molar-refractivity contribution >= 4 is 69.2 Å². The Bertz CT molecular complexity index is 3410. The molecule has 20 heteroatoms. The molecule has 0 bridgehead atoms. The monoisotopic (exact) mass is 1140 g/mol. The predicted octanol–water partition coefficient (Wildman–Crippen LogP) is 8.60. The van der Waals surface area contributed by atoms with Crippen LogP contribution in [0.1, 0.15) is 125 Å². The van der Waals surface area contributed by atoms with Crippen molar-refractivity contribution in [2.45, 2.75) is 139 Å². The first kappa shape index (κ1) is 55.5. The molecule has 3 aromatic carbocycles. The van der Waals surface area contributed by atoms with Crippen molar-refractivity contribution in [3.8, 4) is 0 Å². The van der Waals surface area contributed by atoms with Gasteiger partial charge in [0.2, 0.25) is 23.6 Å². The van der Waals surface area contributed by atoms with E-state index in [1.807, 2.05) is 25.2 Å². The highest BCUT2D eigenvalue weighted by Gasteiger charge is 2.76. The quantitative estimate of drug-likeness (QED) is 0.0527. The van der Waals surface area contributed by atoms with Crippen molar-refractivity contribution in [2.75, 3.05) is 51.2 Å². The number of anilines is 1. The number of carbonyl (C=O) groups is 4. The minimum absolute atomic E-state index is 0.0481. The van der Waals surface area contributed by atoms with Gasteiger partial charge in [0.25, 0.3) is 5.69 Å². The number of nitrogens with zero attached hydrogens (tertiary/aromatic N) is 8. The highest BCUT2D eigenvalue weighted by atomic mass is 35.5. The first-order chi connectivity index (χ1) is 38.7. The maximum Gasteiger partial charge on any atom is 0.329 e. The second kappa shape index (κ2) is 21.0. The molecule has 2 saturated carbocycles. The first-order valence-corrected chi connectivity index (χ1v) is 29.6. The molecule has 7 aliphatic rings. The van der Waals surface area contributed by atoms with Gasteiger partial charge in [-0.1, -0.05) is 61.3 Å². The number of pyridine rings is 1. The van der Waals surface area contributed by atoms with E-state index in [0.29, 0.717) is 57.9 Å². The molecule has 81 heavy (non-hydrogen) atoms. The lowest BCUT2D eigenvalue weighted by molar-refractivity contribution is -0.384. The minimum Gasteiger partial charge on any atom is -0.352 e. The third-order valence-corrected chi connectivity index (χ3v) is 20.9. The normalized spacial score (nSPS) is 27.3. The molecule has 4 atom stereocenters. The maximum absolute atomic E-state index is 17.1. The van der Waals surface area contributed by atoms with Crippen molar-refractivity contribution in [3.63, 3.8) is 0 Å². The van der Waals surface area contributed by atoms with Gasteiger partial charge in [-0.05, 0) is 167 Å². The number of benzene rings is 3. The fourth-order valence-electron chi connectivity index (χ4n) is 15.9. The molecule has 4 saturated heterocycles. The number of nitro benzene ring substituents is 1. The van der Waals surface area contributed by atoms with E-state index in [1.165, 1.54) is 22.9 Å². The average molecular weight is 1150 g/mol. The van der Waals surface area contributed by atoms with Gasteiger partial charge < -0.3 is 20.0 Å². The van der Waals surface area contributed by atoms with Gasteiger partial charge in [0.15, 0.2) is 11.0 Å². The summed E-state index contributed by atoms with van der Waals surface area (Å²) in [5.41, 5.74) is 2.19. The van der Waals surface area contributed by atoms with Gasteiger partial charge in [-0.15, -0.1) is 0 Å². The van der Waals surface area contributed by atoms with Crippen LogP contribution < -0.4 is 21.2 Å². The fourth-order valence-corrected chi connectivity index (χ4v) is 16.2. The molecule has 428 valence electrons. The zero-order valence-corrected chi connectivity index (χ0v) is 48.0. The number of likely N-dealkylation sites (tertiary alicyclic amines) is 3. The summed E-state index contributed by atoms with van der Waals surface area (Å²) < 4.78 is 20.2. The number of nitrogens with one attached hydrogen (secondary N) is 2. The van der Waals surface area contributed by atoms with Crippen LogP contribution in [0.15, 0.2) is 77.7 Å². The number of imide groups is 1. The smallest absolute Gasteiger partial charge is 0.329 e. The number of fused-ring (bicyclic) bond motifs is 4. The Morgan fingerprint density at radius 2 is 1.56 bits per heavy atom. The number of carbonyl (C=O) groups excluding carboxylic acids is 4. The van der Waals surface area contributed by atoms with Crippen molar-refractivity contribution in [1.82, 2.24) is 39.5 Å². The van der Waals surface area contributed by atoms with E-state index in [2.05, 4.69) is 50.2 Å². The second-order valence-electron chi connectivity index (χ2n) is 25.5. The van der Waals surface area contributed by atoms with Crippen molar-refractivity contribution in [2.24, 2.45) is 23.8 Å². The molecule has 12 rings (SSSR count). The average Bonchev–Trinajstić information content (AvgIpc) is 1.62. The molecule has 0 radical (unpaired) electrons. The number of rotatable bonds is 12. The van der Waals surface area contributed by atoms with Gasteiger partial charge in [-0.3, -0.25) is 48.6 Å². The summed E-state index contributed by atoms with van der Waals surface area (Å²) in [6, 6.07) is 17.4. The van der Waals surface area contributed by atoms with E-state index in [1.54, 1.807) is 46.8 Å². The Labute approximate surface area is 480 Å². The number of piperidine rings is 2. The van der Waals surface area contributed by atoms with Crippen LogP contribution in [0, 0.1) is 32.7 Å². The lowest BCUT2D eigenvalue weighted by Gasteiger charge is -2.54. The van der Waals surface area contributed by atoms with E-state index >= 15 is 14.0 Å². The van der Waals surface area contributed by atoms with Crippen LogP contribution in [0.5, 0.6) is 0 Å². The number of aromatic nitrogens is 3. The first-order valence-electron chi connectivity index (χ1n) is 28.9. The SMILES string of the molecule is CN1[C@@H](C(=O)NC2CCC(CN3CCC4(CC3)CN(CCc3ccc5c(c3)n(C)c(=O)n5C3CCC(=O)NC3=O)C4)CC2)[C@H](c2ccnc(Cl)c2F)[C@]2(C(=O)N(Cc3ccc([N+](=O)[O-])cc3)c3cc(Cl)ccc32)C12CCC(C)(C)CC2. The van der Waals surface area contributed by atoms with E-state index in [-0.39, 0.29) is 64.2 Å². The van der Waals surface area contributed by atoms with Crippen LogP contribution in [0.25, 0.3) is 11.0 Å². The number of non-ortho nitro benzene ring substituents is 1. The van der Waals surface area contributed by atoms with Crippen molar-refractivity contribution in [3.05, 3.63) is 132 Å². The summed E-state index contributed by atoms with van der Waals surface area (Å²) in [6.45, 7) is 10.7. The molecule has 1 unspecified atom stereocenters. The molecule has 2 aliphatic carbocycles. The van der Waals surface area contributed by atoms with Crippen LogP contribution in [0.3, 0.4) is 0 Å². The molecule has 3 spiro atoms. The summed E-state index contributed by atoms with van der Waals surface area (Å²) >= 11 is 13.3. The molecular formula is C61H71Cl2FN10O7. The topological polar surface area (TPSA) is 188 Å². The summed E-state index contributed by atoms with van der Waals surface area (Å²) in [5, 5.41) is 17.5. The van der Waals surface area contributed by atoms with E-state index < -0.39 is 45.6 Å². The Kier molecular flexibility index (Phi) is 14.4. The van der Waals surface area contributed by atoms with Crippen LogP contribution in [0.2, 0.25) is 10.2 Å². The molecule has 2 N–H and O–H groups in total. The lowest BCUT2D eigenvalue weighted by Crippen LogP contribution is -2.62. The second-order valence-corrected chi connectivity index (χ2v) is 26.3. The molecule has 4 amide bonds. The van der Waals surface area contributed by atoms with Gasteiger partial charge in [0, 0.05) is 86.2 Å². The fraction of sp³-hybridized carbons (Fsp3) is 0.541. The zero-order chi connectivity index (χ0) is 56.9. The number of imidazole rings is 1. The maximum atomic E-state index is 17.1. The number of hydrogen-bond acceptors (Lipinski definition) is 11. The summed E-state index contributed by atoms with van der Waals surface area (Å²) in [7, 11) is 3.67. The lowest BCUT2D eigenvalue weighted by atomic mass is 9.53. The van der Waals surface area contributed by atoms with E-state index in [0.717, 1.165) is 108 Å². The predicted molar refractivity (Wildman–Crippen MR) is 307 cm³/mol. The van der Waals surface area contributed by atoms with Crippen LogP contribution >= 0.6 is 23.2 Å². The summed E-state index contributed by atoms with van der Waals surface area (Å²) in [5.74, 6) is -2.56. The van der Waals surface area contributed by atoms with Crippen LogP contribution in [-0.4, -0.2) is 121 Å². The van der Waals surface area contributed by atoms with Crippen LogP contribution in [-0.2, 0) is 44.6 Å². The third kappa shape index (κ3) is 9.48. The zero-order valence-electron chi connectivity index (χ0n) is 46.5. The number of halogens is 3. The number of nitro groups is 1. The number of amides is 4. The van der Waals surface area contributed by atoms with Gasteiger partial charge in [-0.2, -0.15) is 0 Å². The largest absolute Gasteiger partial charge is 0.352 e. The molecule has 5 aliphatic heterocycles. The molecule has 6 fully saturated rings. The number of likely N-dealkylation sites (N-methyl/N-ethyl adjacent to an activating group) is 1. The number of hydrogen-bond donors (Lipinski definition) is 2. The van der Waals surface area contributed by atoms with Crippen molar-refractivity contribution < 1.29 is 28.5 Å². The van der Waals surface area contributed by atoms with Crippen molar-refractivity contribution in [1.29, 1.82) is 0 Å². The third-order valence-electron chi connectivity index (χ3n) is 20.4. The van der Waals surface area contributed by atoms with Gasteiger partial charge >= 0.3 is 5.69 Å². The Hall–Kier alpha value is -6.05. The Morgan fingerprint density at radius 3 is 2.25 bits per heavy atom. The molecule has 17 nitrogen and oxygen atoms in total. The molecule has 2 aromatic heterocycles. The van der Waals surface area contributed by atoms with Gasteiger partial charge in [0.1, 0.15) is 11.5 Å². The van der Waals surface area contributed by atoms with Gasteiger partial charge in [0.05, 0.1) is 28.5 Å². The molecule has 7 heterocycles. The minimum atomic E-state index is -1.48. The Balaban J connectivity index is 0.707. The van der Waals surface area contributed by atoms with E-state index in [4.69, 9.17) is 23.2 Å². The molecule has 5 aromatic rings.